The van der Waals surface area contributed by atoms with Crippen molar-refractivity contribution >= 4 is 22.8 Å². The van der Waals surface area contributed by atoms with Gasteiger partial charge in [-0.25, -0.2) is 4.79 Å². The van der Waals surface area contributed by atoms with E-state index in [9.17, 15) is 9.59 Å². The fraction of sp³-hybridized carbons (Fsp3) is 0.238. The molecule has 26 heavy (non-hydrogen) atoms. The number of fused-ring (bicyclic) bond motifs is 1. The van der Waals surface area contributed by atoms with Crippen LogP contribution in [-0.4, -0.2) is 16.4 Å². The molecule has 0 saturated heterocycles. The van der Waals surface area contributed by atoms with Gasteiger partial charge < -0.3 is 9.40 Å². The highest BCUT2D eigenvalue weighted by Gasteiger charge is 2.14. The van der Waals surface area contributed by atoms with Gasteiger partial charge in [0.05, 0.1) is 5.56 Å². The van der Waals surface area contributed by atoms with Crippen molar-refractivity contribution in [2.75, 3.05) is 0 Å². The molecule has 2 aromatic carbocycles. The average molecular weight is 350 g/mol. The lowest BCUT2D eigenvalue weighted by Crippen LogP contribution is -2.27. The molecule has 0 radical (unpaired) electrons. The van der Waals surface area contributed by atoms with Gasteiger partial charge in [0.25, 0.3) is 5.91 Å². The Morgan fingerprint density at radius 1 is 1.08 bits per heavy atom. The van der Waals surface area contributed by atoms with Crippen LogP contribution in [0.25, 0.3) is 10.9 Å². The predicted molar refractivity (Wildman–Crippen MR) is 101 cm³/mol. The molecule has 5 nitrogen and oxygen atoms in total. The molecule has 0 bridgehead atoms. The molecule has 0 aliphatic heterocycles. The normalized spacial score (nSPS) is 10.7. The minimum Gasteiger partial charge on any atom is -0.348 e. The molecule has 0 aliphatic carbocycles. The monoisotopic (exact) mass is 350 g/mol. The molecular formula is C21H22N2O3. The number of aryl methyl sites for hydroxylation is 3. The van der Waals surface area contributed by atoms with Gasteiger partial charge in [0.15, 0.2) is 0 Å². The van der Waals surface area contributed by atoms with Gasteiger partial charge in [-0.05, 0) is 50.1 Å². The average Bonchev–Trinajstić information content (AvgIpc) is 2.88. The molecular weight excluding hydrogens is 328 g/mol. The van der Waals surface area contributed by atoms with E-state index in [0.717, 1.165) is 16.8 Å². The van der Waals surface area contributed by atoms with Crippen molar-refractivity contribution in [3.8, 4) is 0 Å². The number of hydroxylamine groups is 1. The van der Waals surface area contributed by atoms with Crippen molar-refractivity contribution in [1.82, 2.24) is 10.0 Å². The molecule has 1 amide bonds. The van der Waals surface area contributed by atoms with Crippen LogP contribution in [0.15, 0.2) is 48.5 Å². The maximum Gasteiger partial charge on any atom is 0.362 e. The second kappa shape index (κ2) is 7.44. The Morgan fingerprint density at radius 3 is 2.54 bits per heavy atom. The Hall–Kier alpha value is -3.08. The van der Waals surface area contributed by atoms with Gasteiger partial charge in [-0.15, -0.1) is 0 Å². The maximum absolute atomic E-state index is 12.1. The van der Waals surface area contributed by atoms with E-state index in [4.69, 9.17) is 4.84 Å². The molecule has 1 heterocycles. The van der Waals surface area contributed by atoms with Crippen molar-refractivity contribution in [2.24, 2.45) is 7.05 Å². The van der Waals surface area contributed by atoms with E-state index < -0.39 is 5.97 Å². The summed E-state index contributed by atoms with van der Waals surface area (Å²) in [5.41, 5.74) is 7.26. The number of nitrogens with zero attached hydrogens (tertiary/aromatic N) is 1. The Morgan fingerprint density at radius 2 is 1.81 bits per heavy atom. The molecule has 1 aromatic heterocycles. The number of amides is 1. The summed E-state index contributed by atoms with van der Waals surface area (Å²) in [7, 11) is 2.03. The van der Waals surface area contributed by atoms with E-state index in [-0.39, 0.29) is 12.3 Å². The van der Waals surface area contributed by atoms with Crippen LogP contribution in [0.3, 0.4) is 0 Å². The Labute approximate surface area is 152 Å². The van der Waals surface area contributed by atoms with Gasteiger partial charge in [-0.1, -0.05) is 29.8 Å². The van der Waals surface area contributed by atoms with Crippen LogP contribution in [0.1, 0.15) is 33.6 Å². The van der Waals surface area contributed by atoms with Crippen LogP contribution in [0.4, 0.5) is 0 Å². The van der Waals surface area contributed by atoms with Gasteiger partial charge in [0, 0.05) is 30.1 Å². The van der Waals surface area contributed by atoms with Crippen LogP contribution < -0.4 is 5.48 Å². The number of rotatable bonds is 4. The second-order valence-corrected chi connectivity index (χ2v) is 6.42. The van der Waals surface area contributed by atoms with Crippen molar-refractivity contribution in [3.05, 3.63) is 70.9 Å². The van der Waals surface area contributed by atoms with Gasteiger partial charge in [-0.2, -0.15) is 5.48 Å². The number of carbonyl (C=O) groups is 2. The summed E-state index contributed by atoms with van der Waals surface area (Å²) in [5.74, 6) is -0.894. The van der Waals surface area contributed by atoms with E-state index in [1.165, 1.54) is 10.9 Å². The summed E-state index contributed by atoms with van der Waals surface area (Å²) in [5, 5.41) is 1.17. The summed E-state index contributed by atoms with van der Waals surface area (Å²) in [6.07, 6.45) is 0.831. The molecule has 3 aromatic rings. The molecule has 1 N–H and O–H groups in total. The smallest absolute Gasteiger partial charge is 0.348 e. The number of carbonyl (C=O) groups excluding carboxylic acids is 2. The van der Waals surface area contributed by atoms with Crippen LogP contribution in [0, 0.1) is 13.8 Å². The lowest BCUT2D eigenvalue weighted by molar-refractivity contribution is -0.129. The van der Waals surface area contributed by atoms with E-state index in [0.29, 0.717) is 12.0 Å². The molecule has 3 rings (SSSR count). The molecule has 0 saturated carbocycles. The highest BCUT2D eigenvalue weighted by atomic mass is 16.7. The minimum atomic E-state index is -0.573. The summed E-state index contributed by atoms with van der Waals surface area (Å²) in [4.78, 5) is 28.8. The fourth-order valence-corrected chi connectivity index (χ4v) is 3.10. The maximum atomic E-state index is 12.1. The highest BCUT2D eigenvalue weighted by molar-refractivity contribution is 5.90. The van der Waals surface area contributed by atoms with Gasteiger partial charge >= 0.3 is 5.97 Å². The van der Waals surface area contributed by atoms with Crippen LogP contribution in [0.5, 0.6) is 0 Å². The molecule has 134 valence electrons. The van der Waals surface area contributed by atoms with Crippen molar-refractivity contribution in [3.63, 3.8) is 0 Å². The molecule has 0 fully saturated rings. The number of hydrogen-bond acceptors (Lipinski definition) is 3. The summed E-state index contributed by atoms with van der Waals surface area (Å²) in [6.45, 7) is 4.11. The first-order valence-electron chi connectivity index (χ1n) is 8.57. The van der Waals surface area contributed by atoms with E-state index >= 15 is 0 Å². The van der Waals surface area contributed by atoms with Crippen molar-refractivity contribution in [2.45, 2.75) is 26.7 Å². The Kier molecular flexibility index (Phi) is 5.07. The van der Waals surface area contributed by atoms with E-state index in [2.05, 4.69) is 42.1 Å². The molecule has 0 aliphatic rings. The molecule has 0 atom stereocenters. The largest absolute Gasteiger partial charge is 0.362 e. The number of nitrogens with one attached hydrogen (secondary N) is 1. The summed E-state index contributed by atoms with van der Waals surface area (Å²) < 4.78 is 2.14. The zero-order valence-electron chi connectivity index (χ0n) is 15.2. The predicted octanol–water partition coefficient (Wildman–Crippen LogP) is 3.62. The fourth-order valence-electron chi connectivity index (χ4n) is 3.10. The Balaban J connectivity index is 1.63. The standard InChI is InChI=1S/C21H22N2O3/c1-14-9-11-19-18(13-14)17(15(2)23(19)3)10-12-20(24)22-26-21(25)16-7-5-4-6-8-16/h4-9,11,13H,10,12H2,1-3H3,(H,22,24). The van der Waals surface area contributed by atoms with E-state index in [1.807, 2.05) is 13.1 Å². The Bertz CT molecular complexity index is 958. The highest BCUT2D eigenvalue weighted by Crippen LogP contribution is 2.27. The van der Waals surface area contributed by atoms with Crippen LogP contribution in [0.2, 0.25) is 0 Å². The van der Waals surface area contributed by atoms with Gasteiger partial charge in [0.1, 0.15) is 0 Å². The van der Waals surface area contributed by atoms with Gasteiger partial charge in [0.2, 0.25) is 0 Å². The van der Waals surface area contributed by atoms with E-state index in [1.54, 1.807) is 24.3 Å². The first kappa shape index (κ1) is 17.7. The second-order valence-electron chi connectivity index (χ2n) is 6.42. The minimum absolute atomic E-state index is 0.246. The first-order chi connectivity index (χ1) is 12.5. The SMILES string of the molecule is Cc1ccc2c(c1)c(CCC(=O)NOC(=O)c1ccccc1)c(C)n2C. The van der Waals surface area contributed by atoms with Crippen LogP contribution in [-0.2, 0) is 23.1 Å². The quantitative estimate of drug-likeness (QED) is 0.731. The number of benzene rings is 2. The van der Waals surface area contributed by atoms with Crippen molar-refractivity contribution in [1.29, 1.82) is 0 Å². The number of aromatic nitrogens is 1. The first-order valence-corrected chi connectivity index (χ1v) is 8.57. The lowest BCUT2D eigenvalue weighted by atomic mass is 10.0. The van der Waals surface area contributed by atoms with Crippen molar-refractivity contribution < 1.29 is 14.4 Å². The zero-order valence-corrected chi connectivity index (χ0v) is 15.2. The molecule has 0 spiro atoms. The third-order valence-electron chi connectivity index (χ3n) is 4.65. The van der Waals surface area contributed by atoms with Gasteiger partial charge in [-0.3, -0.25) is 4.79 Å². The molecule has 0 unspecified atom stereocenters. The third-order valence-corrected chi connectivity index (χ3v) is 4.65. The van der Waals surface area contributed by atoms with Crippen LogP contribution >= 0.6 is 0 Å². The number of hydrogen-bond donors (Lipinski definition) is 1. The topological polar surface area (TPSA) is 60.3 Å². The summed E-state index contributed by atoms with van der Waals surface area (Å²) >= 11 is 0. The molecule has 5 heteroatoms. The third kappa shape index (κ3) is 3.61. The summed E-state index contributed by atoms with van der Waals surface area (Å²) in [6, 6.07) is 14.9. The zero-order chi connectivity index (χ0) is 18.7. The lowest BCUT2D eigenvalue weighted by Gasteiger charge is -2.06.